The maximum atomic E-state index is 10.1. The smallest absolute Gasteiger partial charge is 0.0991 e. The second-order valence-corrected chi connectivity index (χ2v) is 4.64. The average Bonchev–Trinajstić information content (AvgIpc) is 2.46. The summed E-state index contributed by atoms with van der Waals surface area (Å²) in [6.45, 7) is 0.560. The highest BCUT2D eigenvalue weighted by atomic mass is 16.3. The van der Waals surface area contributed by atoms with Gasteiger partial charge in [0.2, 0.25) is 0 Å². The van der Waals surface area contributed by atoms with Crippen LogP contribution in [-0.4, -0.2) is 17.7 Å². The molecule has 0 spiro atoms. The van der Waals surface area contributed by atoms with Crippen molar-refractivity contribution in [2.45, 2.75) is 31.4 Å². The second-order valence-electron chi connectivity index (χ2n) is 4.64. The zero-order valence-corrected chi connectivity index (χ0v) is 10.3. The number of aliphatic hydroxyl groups is 1. The number of rotatable bonds is 4. The fraction of sp³-hybridized carbons (Fsp3) is 0.400. The van der Waals surface area contributed by atoms with Gasteiger partial charge in [-0.05, 0) is 37.0 Å². The molecule has 1 aromatic rings. The SMILES string of the molecule is N#Cc1ccc(C(O)CNC2CC=CCC2)cc1. The maximum Gasteiger partial charge on any atom is 0.0991 e. The summed E-state index contributed by atoms with van der Waals surface area (Å²) < 4.78 is 0. The van der Waals surface area contributed by atoms with Gasteiger partial charge in [0.05, 0.1) is 17.7 Å². The molecular formula is C15H18N2O. The lowest BCUT2D eigenvalue weighted by Crippen LogP contribution is -2.33. The summed E-state index contributed by atoms with van der Waals surface area (Å²) in [4.78, 5) is 0. The van der Waals surface area contributed by atoms with Crippen LogP contribution in [-0.2, 0) is 0 Å². The lowest BCUT2D eigenvalue weighted by molar-refractivity contribution is 0.168. The Labute approximate surface area is 108 Å². The van der Waals surface area contributed by atoms with Crippen LogP contribution in [0.5, 0.6) is 0 Å². The predicted octanol–water partition coefficient (Wildman–Crippen LogP) is 2.29. The van der Waals surface area contributed by atoms with Crippen LogP contribution in [0, 0.1) is 11.3 Å². The van der Waals surface area contributed by atoms with E-state index in [0.29, 0.717) is 18.2 Å². The first-order chi connectivity index (χ1) is 8.79. The van der Waals surface area contributed by atoms with E-state index in [1.807, 2.05) is 12.1 Å². The van der Waals surface area contributed by atoms with E-state index in [1.165, 1.54) is 0 Å². The highest BCUT2D eigenvalue weighted by Gasteiger charge is 2.12. The fourth-order valence-corrected chi connectivity index (χ4v) is 2.15. The first-order valence-corrected chi connectivity index (χ1v) is 6.36. The molecule has 2 unspecified atom stereocenters. The molecular weight excluding hydrogens is 224 g/mol. The average molecular weight is 242 g/mol. The number of hydrogen-bond acceptors (Lipinski definition) is 3. The molecule has 0 radical (unpaired) electrons. The Morgan fingerprint density at radius 3 is 2.72 bits per heavy atom. The van der Waals surface area contributed by atoms with Gasteiger partial charge in [0.15, 0.2) is 0 Å². The lowest BCUT2D eigenvalue weighted by atomic mass is 10.0. The summed E-state index contributed by atoms with van der Waals surface area (Å²) in [5.41, 5.74) is 1.48. The molecule has 0 heterocycles. The number of nitrogens with zero attached hydrogens (tertiary/aromatic N) is 1. The molecule has 3 nitrogen and oxygen atoms in total. The summed E-state index contributed by atoms with van der Waals surface area (Å²) in [6, 6.07) is 9.65. The van der Waals surface area contributed by atoms with E-state index < -0.39 is 6.10 Å². The van der Waals surface area contributed by atoms with E-state index in [1.54, 1.807) is 12.1 Å². The topological polar surface area (TPSA) is 56.0 Å². The summed E-state index contributed by atoms with van der Waals surface area (Å²) in [5, 5.41) is 22.1. The van der Waals surface area contributed by atoms with E-state index in [4.69, 9.17) is 5.26 Å². The number of hydrogen-bond donors (Lipinski definition) is 2. The highest BCUT2D eigenvalue weighted by Crippen LogP contribution is 2.15. The summed E-state index contributed by atoms with van der Waals surface area (Å²) in [7, 11) is 0. The molecule has 0 amide bonds. The van der Waals surface area contributed by atoms with Crippen LogP contribution in [0.4, 0.5) is 0 Å². The molecule has 1 aliphatic rings. The van der Waals surface area contributed by atoms with Gasteiger partial charge >= 0.3 is 0 Å². The van der Waals surface area contributed by atoms with Gasteiger partial charge in [0.25, 0.3) is 0 Å². The van der Waals surface area contributed by atoms with Gasteiger partial charge in [-0.25, -0.2) is 0 Å². The van der Waals surface area contributed by atoms with Crippen LogP contribution in [0.15, 0.2) is 36.4 Å². The van der Waals surface area contributed by atoms with Crippen LogP contribution < -0.4 is 5.32 Å². The van der Waals surface area contributed by atoms with Gasteiger partial charge in [-0.1, -0.05) is 24.3 Å². The lowest BCUT2D eigenvalue weighted by Gasteiger charge is -2.21. The Morgan fingerprint density at radius 2 is 2.11 bits per heavy atom. The number of allylic oxidation sites excluding steroid dienone is 1. The highest BCUT2D eigenvalue weighted by molar-refractivity contribution is 5.32. The van der Waals surface area contributed by atoms with E-state index in [-0.39, 0.29) is 0 Å². The van der Waals surface area contributed by atoms with Crippen molar-refractivity contribution in [3.63, 3.8) is 0 Å². The molecule has 18 heavy (non-hydrogen) atoms. The minimum absolute atomic E-state index is 0.475. The van der Waals surface area contributed by atoms with Crippen molar-refractivity contribution in [1.29, 1.82) is 5.26 Å². The Hall–Kier alpha value is -1.63. The van der Waals surface area contributed by atoms with E-state index in [2.05, 4.69) is 23.5 Å². The van der Waals surface area contributed by atoms with Crippen LogP contribution >= 0.6 is 0 Å². The van der Waals surface area contributed by atoms with Crippen molar-refractivity contribution in [1.82, 2.24) is 5.32 Å². The van der Waals surface area contributed by atoms with Crippen LogP contribution in [0.25, 0.3) is 0 Å². The normalized spacial score (nSPS) is 20.3. The molecule has 2 rings (SSSR count). The maximum absolute atomic E-state index is 10.1. The van der Waals surface area contributed by atoms with Crippen molar-refractivity contribution in [2.75, 3.05) is 6.54 Å². The standard InChI is InChI=1S/C15H18N2O/c16-10-12-6-8-13(9-7-12)15(18)11-17-14-4-2-1-3-5-14/h1-2,6-9,14-15,17-18H,3-5,11H2. The van der Waals surface area contributed by atoms with E-state index in [9.17, 15) is 5.11 Å². The third kappa shape index (κ3) is 3.43. The second kappa shape index (κ2) is 6.34. The molecule has 0 bridgehead atoms. The van der Waals surface area contributed by atoms with Gasteiger partial charge in [-0.3, -0.25) is 0 Å². The molecule has 0 saturated heterocycles. The molecule has 0 saturated carbocycles. The first kappa shape index (κ1) is 12.8. The van der Waals surface area contributed by atoms with Crippen molar-refractivity contribution in [2.24, 2.45) is 0 Å². The van der Waals surface area contributed by atoms with Crippen molar-refractivity contribution >= 4 is 0 Å². The van der Waals surface area contributed by atoms with Crippen molar-refractivity contribution in [3.05, 3.63) is 47.5 Å². The molecule has 2 N–H and O–H groups in total. The molecule has 0 aliphatic heterocycles. The Bertz CT molecular complexity index is 445. The number of nitriles is 1. The fourth-order valence-electron chi connectivity index (χ4n) is 2.15. The summed E-state index contributed by atoms with van der Waals surface area (Å²) >= 11 is 0. The predicted molar refractivity (Wildman–Crippen MR) is 70.9 cm³/mol. The van der Waals surface area contributed by atoms with Crippen molar-refractivity contribution < 1.29 is 5.11 Å². The molecule has 0 aromatic heterocycles. The number of benzene rings is 1. The Morgan fingerprint density at radius 1 is 1.33 bits per heavy atom. The third-order valence-corrected chi connectivity index (χ3v) is 3.29. The molecule has 1 aliphatic carbocycles. The first-order valence-electron chi connectivity index (χ1n) is 6.36. The van der Waals surface area contributed by atoms with Gasteiger partial charge in [-0.2, -0.15) is 5.26 Å². The number of nitrogens with one attached hydrogen (secondary N) is 1. The van der Waals surface area contributed by atoms with Gasteiger partial charge in [0.1, 0.15) is 0 Å². The monoisotopic (exact) mass is 242 g/mol. The molecule has 1 aromatic carbocycles. The molecule has 2 atom stereocenters. The van der Waals surface area contributed by atoms with Crippen LogP contribution in [0.2, 0.25) is 0 Å². The van der Waals surface area contributed by atoms with E-state index >= 15 is 0 Å². The zero-order valence-electron chi connectivity index (χ0n) is 10.3. The summed E-state index contributed by atoms with van der Waals surface area (Å²) in [5.74, 6) is 0. The van der Waals surface area contributed by atoms with Crippen LogP contribution in [0.3, 0.4) is 0 Å². The quantitative estimate of drug-likeness (QED) is 0.796. The minimum Gasteiger partial charge on any atom is -0.387 e. The third-order valence-electron chi connectivity index (χ3n) is 3.29. The minimum atomic E-state index is -0.511. The largest absolute Gasteiger partial charge is 0.387 e. The van der Waals surface area contributed by atoms with Gasteiger partial charge < -0.3 is 10.4 Å². The van der Waals surface area contributed by atoms with Crippen LogP contribution in [0.1, 0.15) is 36.5 Å². The van der Waals surface area contributed by atoms with Gasteiger partial charge in [0, 0.05) is 12.6 Å². The summed E-state index contributed by atoms with van der Waals surface area (Å²) in [6.07, 6.45) is 7.18. The van der Waals surface area contributed by atoms with Gasteiger partial charge in [-0.15, -0.1) is 0 Å². The van der Waals surface area contributed by atoms with E-state index in [0.717, 1.165) is 24.8 Å². The molecule has 3 heteroatoms. The zero-order chi connectivity index (χ0) is 12.8. The Balaban J connectivity index is 1.85. The number of aliphatic hydroxyl groups excluding tert-OH is 1. The Kier molecular flexibility index (Phi) is 4.52. The molecule has 94 valence electrons. The molecule has 0 fully saturated rings. The van der Waals surface area contributed by atoms with Crippen molar-refractivity contribution in [3.8, 4) is 6.07 Å².